The van der Waals surface area contributed by atoms with E-state index in [2.05, 4.69) is 25.6 Å². The fraction of sp³-hybridized carbons (Fsp3) is 0.533. The fourth-order valence-electron chi connectivity index (χ4n) is 3.26. The molecule has 2 aliphatic heterocycles. The molecule has 6 nitrogen and oxygen atoms in total. The second kappa shape index (κ2) is 8.29. The summed E-state index contributed by atoms with van der Waals surface area (Å²) in [6.45, 7) is 5.05. The second-order valence-electron chi connectivity index (χ2n) is 5.83. The van der Waals surface area contributed by atoms with Crippen molar-refractivity contribution in [3.05, 3.63) is 17.8 Å². The van der Waals surface area contributed by atoms with Crippen molar-refractivity contribution >= 4 is 58.1 Å². The van der Waals surface area contributed by atoms with Crippen LogP contribution in [-0.2, 0) is 4.79 Å². The van der Waals surface area contributed by atoms with Gasteiger partial charge in [-0.1, -0.05) is 0 Å². The van der Waals surface area contributed by atoms with E-state index < -0.39 is 0 Å². The molecular weight excluding hydrogens is 369 g/mol. The Bertz CT molecular complexity index is 683. The lowest BCUT2D eigenvalue weighted by atomic mass is 10.1. The van der Waals surface area contributed by atoms with Gasteiger partial charge in [0, 0.05) is 32.7 Å². The number of anilines is 1. The maximum atomic E-state index is 12.5. The molecule has 1 amide bonds. The van der Waals surface area contributed by atoms with Crippen molar-refractivity contribution in [2.75, 3.05) is 44.2 Å². The number of hydrogen-bond donors (Lipinski definition) is 1. The zero-order valence-electron chi connectivity index (χ0n) is 13.2. The van der Waals surface area contributed by atoms with Gasteiger partial charge in [0.2, 0.25) is 5.91 Å². The smallest absolute Gasteiger partial charge is 0.227 e. The quantitative estimate of drug-likeness (QED) is 0.848. The number of carbonyl (C=O) groups is 1. The first kappa shape index (κ1) is 19.2. The first-order chi connectivity index (χ1) is 10.8. The van der Waals surface area contributed by atoms with Crippen molar-refractivity contribution in [1.82, 2.24) is 20.2 Å². The average molecular weight is 390 g/mol. The molecule has 1 unspecified atom stereocenters. The average Bonchev–Trinajstić information content (AvgIpc) is 3.25. The maximum absolute atomic E-state index is 12.5. The molecule has 132 valence electrons. The van der Waals surface area contributed by atoms with Crippen LogP contribution < -0.4 is 10.2 Å². The number of thiophene rings is 1. The van der Waals surface area contributed by atoms with Crippen molar-refractivity contribution < 1.29 is 4.79 Å². The van der Waals surface area contributed by atoms with E-state index in [4.69, 9.17) is 0 Å². The molecule has 24 heavy (non-hydrogen) atoms. The molecule has 2 aliphatic rings. The van der Waals surface area contributed by atoms with Crippen molar-refractivity contribution in [1.29, 1.82) is 0 Å². The number of amides is 1. The van der Waals surface area contributed by atoms with Crippen LogP contribution >= 0.6 is 36.2 Å². The van der Waals surface area contributed by atoms with Crippen molar-refractivity contribution in [3.63, 3.8) is 0 Å². The Hall–Kier alpha value is -1.15. The standard InChI is InChI=1S/C15H19N5OS.2ClH/c21-15(11-1-3-16-9-11)20-6-4-19(5-7-20)14-13-12(2-8-22-13)17-10-18-14;;/h2,8,10-11,16H,1,3-7,9H2;2*1H. The molecule has 1 N–H and O–H groups in total. The molecule has 0 spiro atoms. The number of carbonyl (C=O) groups excluding carboxylic acids is 1. The molecular formula is C15H21Cl2N5OS. The van der Waals surface area contributed by atoms with Crippen LogP contribution in [0.2, 0.25) is 0 Å². The van der Waals surface area contributed by atoms with E-state index in [9.17, 15) is 4.79 Å². The molecule has 2 aromatic rings. The number of aromatic nitrogens is 2. The largest absolute Gasteiger partial charge is 0.352 e. The van der Waals surface area contributed by atoms with Crippen LogP contribution in [0.5, 0.6) is 0 Å². The minimum absolute atomic E-state index is 0. The lowest BCUT2D eigenvalue weighted by Crippen LogP contribution is -2.50. The molecule has 0 aliphatic carbocycles. The van der Waals surface area contributed by atoms with E-state index in [0.717, 1.165) is 61.7 Å². The van der Waals surface area contributed by atoms with Gasteiger partial charge in [-0.15, -0.1) is 36.2 Å². The normalized spacial score (nSPS) is 20.6. The summed E-state index contributed by atoms with van der Waals surface area (Å²) in [5.41, 5.74) is 1.01. The highest BCUT2D eigenvalue weighted by Gasteiger charge is 2.30. The Morgan fingerprint density at radius 2 is 2.00 bits per heavy atom. The zero-order chi connectivity index (χ0) is 14.9. The predicted octanol–water partition coefficient (Wildman–Crippen LogP) is 1.79. The molecule has 4 heterocycles. The summed E-state index contributed by atoms with van der Waals surface area (Å²) in [4.78, 5) is 25.5. The Balaban J connectivity index is 0.00000104. The summed E-state index contributed by atoms with van der Waals surface area (Å²) >= 11 is 1.68. The monoisotopic (exact) mass is 389 g/mol. The summed E-state index contributed by atoms with van der Waals surface area (Å²) in [5.74, 6) is 1.50. The van der Waals surface area contributed by atoms with Crippen molar-refractivity contribution in [2.45, 2.75) is 6.42 Å². The zero-order valence-corrected chi connectivity index (χ0v) is 15.6. The maximum Gasteiger partial charge on any atom is 0.227 e. The highest BCUT2D eigenvalue weighted by molar-refractivity contribution is 7.17. The van der Waals surface area contributed by atoms with E-state index in [1.165, 1.54) is 0 Å². The van der Waals surface area contributed by atoms with Gasteiger partial charge >= 0.3 is 0 Å². The predicted molar refractivity (Wildman–Crippen MR) is 102 cm³/mol. The number of hydrogen-bond acceptors (Lipinski definition) is 6. The van der Waals surface area contributed by atoms with Crippen LogP contribution in [0, 0.1) is 5.92 Å². The lowest BCUT2D eigenvalue weighted by molar-refractivity contribution is -0.135. The molecule has 2 saturated heterocycles. The van der Waals surface area contributed by atoms with E-state index in [1.54, 1.807) is 17.7 Å². The number of nitrogens with zero attached hydrogens (tertiary/aromatic N) is 4. The number of nitrogens with one attached hydrogen (secondary N) is 1. The second-order valence-corrected chi connectivity index (χ2v) is 6.75. The van der Waals surface area contributed by atoms with Crippen molar-refractivity contribution in [2.24, 2.45) is 5.92 Å². The summed E-state index contributed by atoms with van der Waals surface area (Å²) in [7, 11) is 0. The third-order valence-corrected chi connectivity index (χ3v) is 5.42. The SMILES string of the molecule is Cl.Cl.O=C(C1CCNC1)N1CCN(c2ncnc3ccsc23)CC1. The molecule has 2 fully saturated rings. The molecule has 9 heteroatoms. The molecule has 0 bridgehead atoms. The van der Waals surface area contributed by atoms with Gasteiger partial charge in [-0.25, -0.2) is 9.97 Å². The topological polar surface area (TPSA) is 61.4 Å². The van der Waals surface area contributed by atoms with Crippen LogP contribution in [0.1, 0.15) is 6.42 Å². The summed E-state index contributed by atoms with van der Waals surface area (Å²) in [6.07, 6.45) is 2.60. The number of fused-ring (bicyclic) bond motifs is 1. The van der Waals surface area contributed by atoms with Gasteiger partial charge in [-0.2, -0.15) is 0 Å². The molecule has 1 atom stereocenters. The molecule has 4 rings (SSSR count). The Morgan fingerprint density at radius 3 is 2.71 bits per heavy atom. The van der Waals surface area contributed by atoms with Crippen LogP contribution in [0.4, 0.5) is 5.82 Å². The summed E-state index contributed by atoms with van der Waals surface area (Å²) in [6, 6.07) is 2.03. The minimum atomic E-state index is 0. The first-order valence-corrected chi connectivity index (χ1v) is 8.63. The van der Waals surface area contributed by atoms with Crippen molar-refractivity contribution in [3.8, 4) is 0 Å². The molecule has 2 aromatic heterocycles. The van der Waals surface area contributed by atoms with E-state index in [0.29, 0.717) is 5.91 Å². The Morgan fingerprint density at radius 1 is 1.21 bits per heavy atom. The first-order valence-electron chi connectivity index (χ1n) is 7.75. The van der Waals surface area contributed by atoms with Crippen LogP contribution in [-0.4, -0.2) is 60.0 Å². The van der Waals surface area contributed by atoms with Crippen LogP contribution in [0.15, 0.2) is 17.8 Å². The molecule has 0 aromatic carbocycles. The fourth-order valence-corrected chi connectivity index (χ4v) is 4.13. The van der Waals surface area contributed by atoms with Gasteiger partial charge < -0.3 is 15.1 Å². The van der Waals surface area contributed by atoms with Gasteiger partial charge in [-0.3, -0.25) is 4.79 Å². The highest BCUT2D eigenvalue weighted by atomic mass is 35.5. The van der Waals surface area contributed by atoms with E-state index in [1.807, 2.05) is 11.0 Å². The third kappa shape index (κ3) is 3.59. The van der Waals surface area contributed by atoms with E-state index >= 15 is 0 Å². The lowest BCUT2D eigenvalue weighted by Gasteiger charge is -2.36. The van der Waals surface area contributed by atoms with Crippen LogP contribution in [0.3, 0.4) is 0 Å². The number of halogens is 2. The summed E-state index contributed by atoms with van der Waals surface area (Å²) in [5, 5.41) is 5.32. The van der Waals surface area contributed by atoms with E-state index in [-0.39, 0.29) is 30.7 Å². The van der Waals surface area contributed by atoms with Gasteiger partial charge in [0.1, 0.15) is 12.1 Å². The van der Waals surface area contributed by atoms with Gasteiger partial charge in [-0.05, 0) is 24.4 Å². The Labute approximate surface area is 157 Å². The number of rotatable bonds is 2. The third-order valence-electron chi connectivity index (χ3n) is 4.52. The summed E-state index contributed by atoms with van der Waals surface area (Å²) < 4.78 is 1.14. The minimum Gasteiger partial charge on any atom is -0.352 e. The molecule has 0 saturated carbocycles. The van der Waals surface area contributed by atoms with Gasteiger partial charge in [0.15, 0.2) is 0 Å². The van der Waals surface area contributed by atoms with Gasteiger partial charge in [0.25, 0.3) is 0 Å². The molecule has 0 radical (unpaired) electrons. The van der Waals surface area contributed by atoms with Crippen LogP contribution in [0.25, 0.3) is 10.2 Å². The number of piperazine rings is 1. The Kier molecular flexibility index (Phi) is 6.62. The highest BCUT2D eigenvalue weighted by Crippen LogP contribution is 2.28. The van der Waals surface area contributed by atoms with Gasteiger partial charge in [0.05, 0.1) is 16.1 Å².